The molecule has 0 bridgehead atoms. The summed E-state index contributed by atoms with van der Waals surface area (Å²) in [6, 6.07) is 0. The van der Waals surface area contributed by atoms with Gasteiger partial charge in [0.25, 0.3) is 0 Å². The van der Waals surface area contributed by atoms with Crippen LogP contribution in [0.3, 0.4) is 0 Å². The second-order valence-electron chi connectivity index (χ2n) is 6.54. The molecule has 2 aliphatic rings. The Hall–Kier alpha value is -2.09. The topological polar surface area (TPSA) is 75.0 Å². The molecular weight excluding hydrogens is 296 g/mol. The second kappa shape index (κ2) is 6.19. The van der Waals surface area contributed by atoms with E-state index in [0.717, 1.165) is 38.0 Å². The number of piperazine rings is 1. The molecular formula is C15H24N6O2. The van der Waals surface area contributed by atoms with Crippen LogP contribution in [0.5, 0.6) is 0 Å². The number of rotatable bonds is 3. The van der Waals surface area contributed by atoms with E-state index in [1.54, 1.807) is 22.8 Å². The summed E-state index contributed by atoms with van der Waals surface area (Å²) < 4.78 is 6.97. The van der Waals surface area contributed by atoms with Crippen LogP contribution in [0.25, 0.3) is 0 Å². The van der Waals surface area contributed by atoms with Crippen molar-refractivity contribution in [1.29, 1.82) is 0 Å². The first kappa shape index (κ1) is 15.8. The van der Waals surface area contributed by atoms with Gasteiger partial charge in [0.05, 0.1) is 25.1 Å². The fourth-order valence-electron chi connectivity index (χ4n) is 2.85. The largest absolute Gasteiger partial charge is 0.380 e. The van der Waals surface area contributed by atoms with Crippen LogP contribution in [-0.4, -0.2) is 73.0 Å². The Morgan fingerprint density at radius 3 is 2.78 bits per heavy atom. The molecule has 0 spiro atoms. The average Bonchev–Trinajstić information content (AvgIpc) is 2.92. The zero-order valence-corrected chi connectivity index (χ0v) is 13.9. The predicted molar refractivity (Wildman–Crippen MR) is 87.4 cm³/mol. The van der Waals surface area contributed by atoms with Gasteiger partial charge in [0.1, 0.15) is 6.54 Å². The summed E-state index contributed by atoms with van der Waals surface area (Å²) >= 11 is 0. The lowest BCUT2D eigenvalue weighted by atomic mass is 9.89. The van der Waals surface area contributed by atoms with Crippen LogP contribution in [0.4, 0.5) is 5.69 Å². The molecule has 1 N–H and O–H groups in total. The SMILES string of the molecule is CN=C(NCC1(C)COC1)N1CCN(c2cnn(C)c2)C(=O)C1. The Morgan fingerprint density at radius 2 is 2.26 bits per heavy atom. The van der Waals surface area contributed by atoms with E-state index in [1.165, 1.54) is 0 Å². The van der Waals surface area contributed by atoms with Crippen LogP contribution < -0.4 is 10.2 Å². The van der Waals surface area contributed by atoms with Gasteiger partial charge in [-0.05, 0) is 0 Å². The zero-order chi connectivity index (χ0) is 16.4. The predicted octanol–water partition coefficient (Wildman–Crippen LogP) is -0.319. The molecule has 2 aliphatic heterocycles. The van der Waals surface area contributed by atoms with Crippen molar-refractivity contribution in [2.45, 2.75) is 6.92 Å². The van der Waals surface area contributed by atoms with Crippen LogP contribution in [0.15, 0.2) is 17.4 Å². The monoisotopic (exact) mass is 320 g/mol. The minimum absolute atomic E-state index is 0.0605. The van der Waals surface area contributed by atoms with E-state index in [2.05, 4.69) is 22.3 Å². The van der Waals surface area contributed by atoms with Crippen molar-refractivity contribution < 1.29 is 9.53 Å². The maximum atomic E-state index is 12.4. The maximum Gasteiger partial charge on any atom is 0.246 e. The van der Waals surface area contributed by atoms with Crippen molar-refractivity contribution in [3.63, 3.8) is 0 Å². The Morgan fingerprint density at radius 1 is 1.48 bits per heavy atom. The summed E-state index contributed by atoms with van der Waals surface area (Å²) in [6.45, 7) is 6.22. The minimum Gasteiger partial charge on any atom is -0.380 e. The van der Waals surface area contributed by atoms with E-state index < -0.39 is 0 Å². The summed E-state index contributed by atoms with van der Waals surface area (Å²) in [7, 11) is 3.60. The van der Waals surface area contributed by atoms with Crippen molar-refractivity contribution in [3.8, 4) is 0 Å². The van der Waals surface area contributed by atoms with Gasteiger partial charge in [-0.25, -0.2) is 0 Å². The summed E-state index contributed by atoms with van der Waals surface area (Å²) in [5.41, 5.74) is 1.01. The number of nitrogens with zero attached hydrogens (tertiary/aromatic N) is 5. The van der Waals surface area contributed by atoms with Crippen molar-refractivity contribution >= 4 is 17.6 Å². The van der Waals surface area contributed by atoms with E-state index in [0.29, 0.717) is 13.1 Å². The van der Waals surface area contributed by atoms with Crippen LogP contribution in [0.1, 0.15) is 6.92 Å². The van der Waals surface area contributed by atoms with E-state index >= 15 is 0 Å². The van der Waals surface area contributed by atoms with Gasteiger partial charge in [-0.1, -0.05) is 6.92 Å². The number of anilines is 1. The molecule has 3 heterocycles. The normalized spacial score (nSPS) is 21.3. The Kier molecular flexibility index (Phi) is 4.25. The molecule has 126 valence electrons. The van der Waals surface area contributed by atoms with Gasteiger partial charge in [-0.2, -0.15) is 5.10 Å². The van der Waals surface area contributed by atoms with E-state index in [-0.39, 0.29) is 11.3 Å². The van der Waals surface area contributed by atoms with E-state index in [9.17, 15) is 4.79 Å². The number of aliphatic imine (C=N–C) groups is 1. The Labute approximate surface area is 136 Å². The number of aromatic nitrogens is 2. The number of carbonyl (C=O) groups excluding carboxylic acids is 1. The molecule has 2 fully saturated rings. The fourth-order valence-corrected chi connectivity index (χ4v) is 2.85. The molecule has 1 aromatic rings. The molecule has 8 heteroatoms. The van der Waals surface area contributed by atoms with Crippen molar-refractivity contribution in [1.82, 2.24) is 20.0 Å². The lowest BCUT2D eigenvalue weighted by Crippen LogP contribution is -2.57. The number of nitrogens with one attached hydrogen (secondary N) is 1. The highest BCUT2D eigenvalue weighted by Gasteiger charge is 2.34. The summed E-state index contributed by atoms with van der Waals surface area (Å²) in [6.07, 6.45) is 3.58. The van der Waals surface area contributed by atoms with E-state index in [1.807, 2.05) is 18.1 Å². The third-order valence-electron chi connectivity index (χ3n) is 4.31. The molecule has 1 aromatic heterocycles. The Bertz CT molecular complexity index is 607. The number of carbonyl (C=O) groups is 1. The number of ether oxygens (including phenoxy) is 1. The first-order chi connectivity index (χ1) is 11.0. The molecule has 0 unspecified atom stereocenters. The molecule has 0 aliphatic carbocycles. The molecule has 8 nitrogen and oxygen atoms in total. The summed E-state index contributed by atoms with van der Waals surface area (Å²) in [5, 5.41) is 7.50. The van der Waals surface area contributed by atoms with Gasteiger partial charge in [0.2, 0.25) is 5.91 Å². The lowest BCUT2D eigenvalue weighted by Gasteiger charge is -2.40. The van der Waals surface area contributed by atoms with Crippen molar-refractivity contribution in [3.05, 3.63) is 12.4 Å². The van der Waals surface area contributed by atoms with Gasteiger partial charge in [-0.3, -0.25) is 14.5 Å². The maximum absolute atomic E-state index is 12.4. The van der Waals surface area contributed by atoms with Crippen LogP contribution in [0.2, 0.25) is 0 Å². The van der Waals surface area contributed by atoms with Gasteiger partial charge in [0, 0.05) is 45.3 Å². The molecule has 0 aromatic carbocycles. The van der Waals surface area contributed by atoms with Crippen LogP contribution in [0, 0.1) is 5.41 Å². The molecule has 3 rings (SSSR count). The number of hydrogen-bond donors (Lipinski definition) is 1. The standard InChI is InChI=1S/C15H24N6O2/c1-15(10-23-11-15)9-17-14(16-2)20-4-5-21(13(22)8-20)12-6-18-19(3)7-12/h6-7H,4-5,8-11H2,1-3H3,(H,16,17). The average molecular weight is 320 g/mol. The highest BCUT2D eigenvalue weighted by molar-refractivity contribution is 5.98. The van der Waals surface area contributed by atoms with Crippen LogP contribution >= 0.6 is 0 Å². The first-order valence-corrected chi connectivity index (χ1v) is 7.83. The molecule has 23 heavy (non-hydrogen) atoms. The molecule has 0 saturated carbocycles. The third-order valence-corrected chi connectivity index (χ3v) is 4.31. The van der Waals surface area contributed by atoms with Gasteiger partial charge >= 0.3 is 0 Å². The van der Waals surface area contributed by atoms with Crippen molar-refractivity contribution in [2.24, 2.45) is 17.5 Å². The zero-order valence-electron chi connectivity index (χ0n) is 13.9. The smallest absolute Gasteiger partial charge is 0.246 e. The number of amides is 1. The Balaban J connectivity index is 1.58. The van der Waals surface area contributed by atoms with Crippen LogP contribution in [-0.2, 0) is 16.6 Å². The molecule has 1 amide bonds. The fraction of sp³-hybridized carbons (Fsp3) is 0.667. The molecule has 0 radical (unpaired) electrons. The van der Waals surface area contributed by atoms with Crippen molar-refractivity contribution in [2.75, 3.05) is 51.3 Å². The highest BCUT2D eigenvalue weighted by atomic mass is 16.5. The summed E-state index contributed by atoms with van der Waals surface area (Å²) in [5.74, 6) is 0.836. The number of guanidine groups is 1. The van der Waals surface area contributed by atoms with Gasteiger partial charge in [-0.15, -0.1) is 0 Å². The number of aryl methyl sites for hydroxylation is 1. The van der Waals surface area contributed by atoms with E-state index in [4.69, 9.17) is 4.74 Å². The first-order valence-electron chi connectivity index (χ1n) is 7.83. The van der Waals surface area contributed by atoms with Gasteiger partial charge < -0.3 is 19.9 Å². The lowest BCUT2D eigenvalue weighted by molar-refractivity contribution is -0.120. The number of hydrogen-bond acceptors (Lipinski definition) is 4. The summed E-state index contributed by atoms with van der Waals surface area (Å²) in [4.78, 5) is 20.5. The molecule has 2 saturated heterocycles. The molecule has 0 atom stereocenters. The minimum atomic E-state index is 0.0605. The quantitative estimate of drug-likeness (QED) is 0.610. The van der Waals surface area contributed by atoms with Gasteiger partial charge in [0.15, 0.2) is 5.96 Å². The highest BCUT2D eigenvalue weighted by Crippen LogP contribution is 2.25. The second-order valence-corrected chi connectivity index (χ2v) is 6.54. The third kappa shape index (κ3) is 3.31.